The zero-order valence-electron chi connectivity index (χ0n) is 13.6. The van der Waals surface area contributed by atoms with Crippen molar-refractivity contribution in [3.63, 3.8) is 0 Å². The molecule has 1 unspecified atom stereocenters. The van der Waals surface area contributed by atoms with E-state index in [0.717, 1.165) is 73.3 Å². The fourth-order valence-electron chi connectivity index (χ4n) is 3.20. The standard InChI is InChI=1S/C17H22N4O2S/c22-16(12-2-1-5-18-11-12)19-13-3-4-14-15(10-13)24-17(20-14)21-6-8-23-9-7-21/h3-4,10,12,18H,1-2,5-9,11H2,(H,19,22). The van der Waals surface area contributed by atoms with Gasteiger partial charge in [-0.15, -0.1) is 0 Å². The van der Waals surface area contributed by atoms with Crippen LogP contribution in [0.2, 0.25) is 0 Å². The molecule has 2 aromatic rings. The van der Waals surface area contributed by atoms with E-state index >= 15 is 0 Å². The van der Waals surface area contributed by atoms with E-state index in [4.69, 9.17) is 9.72 Å². The number of benzene rings is 1. The van der Waals surface area contributed by atoms with Crippen LogP contribution in [0.25, 0.3) is 10.2 Å². The second-order valence-corrected chi connectivity index (χ2v) is 7.32. The van der Waals surface area contributed by atoms with Crippen LogP contribution in [0.1, 0.15) is 12.8 Å². The van der Waals surface area contributed by atoms with Crippen LogP contribution in [0.15, 0.2) is 18.2 Å². The fraction of sp³-hybridized carbons (Fsp3) is 0.529. The molecule has 24 heavy (non-hydrogen) atoms. The average molecular weight is 346 g/mol. The molecule has 2 aliphatic rings. The number of carbonyl (C=O) groups excluding carboxylic acids is 1. The average Bonchev–Trinajstić information content (AvgIpc) is 3.06. The van der Waals surface area contributed by atoms with Gasteiger partial charge in [0.15, 0.2) is 5.13 Å². The second-order valence-electron chi connectivity index (χ2n) is 6.31. The van der Waals surface area contributed by atoms with Gasteiger partial charge in [0.25, 0.3) is 0 Å². The third-order valence-electron chi connectivity index (χ3n) is 4.59. The molecule has 0 saturated carbocycles. The number of nitrogens with zero attached hydrogens (tertiary/aromatic N) is 2. The number of nitrogens with one attached hydrogen (secondary N) is 2. The molecule has 4 rings (SSSR count). The van der Waals surface area contributed by atoms with Gasteiger partial charge in [-0.3, -0.25) is 4.79 Å². The summed E-state index contributed by atoms with van der Waals surface area (Å²) >= 11 is 1.68. The lowest BCUT2D eigenvalue weighted by Crippen LogP contribution is -2.37. The van der Waals surface area contributed by atoms with E-state index in [0.29, 0.717) is 0 Å². The summed E-state index contributed by atoms with van der Waals surface area (Å²) in [5.74, 6) is 0.180. The van der Waals surface area contributed by atoms with Gasteiger partial charge in [-0.25, -0.2) is 4.98 Å². The number of amides is 1. The molecule has 0 spiro atoms. The lowest BCUT2D eigenvalue weighted by molar-refractivity contribution is -0.120. The molecule has 1 amide bonds. The van der Waals surface area contributed by atoms with Crippen molar-refractivity contribution in [2.75, 3.05) is 49.6 Å². The summed E-state index contributed by atoms with van der Waals surface area (Å²) in [5, 5.41) is 7.38. The number of thiazole rings is 1. The number of morpholine rings is 1. The summed E-state index contributed by atoms with van der Waals surface area (Å²) in [6.45, 7) is 5.08. The Morgan fingerprint density at radius 2 is 2.25 bits per heavy atom. The third kappa shape index (κ3) is 3.38. The fourth-order valence-corrected chi connectivity index (χ4v) is 4.26. The number of rotatable bonds is 3. The molecule has 3 heterocycles. The smallest absolute Gasteiger partial charge is 0.228 e. The lowest BCUT2D eigenvalue weighted by Gasteiger charge is -2.25. The highest BCUT2D eigenvalue weighted by Gasteiger charge is 2.21. The van der Waals surface area contributed by atoms with Crippen LogP contribution in [0, 0.1) is 5.92 Å². The first-order valence-electron chi connectivity index (χ1n) is 8.54. The number of piperidine rings is 1. The Labute approximate surface area is 145 Å². The first-order chi connectivity index (χ1) is 11.8. The summed E-state index contributed by atoms with van der Waals surface area (Å²) in [6, 6.07) is 5.97. The summed E-state index contributed by atoms with van der Waals surface area (Å²) in [4.78, 5) is 19.3. The maximum Gasteiger partial charge on any atom is 0.228 e. The summed E-state index contributed by atoms with van der Waals surface area (Å²) in [5.41, 5.74) is 1.84. The first-order valence-corrected chi connectivity index (χ1v) is 9.36. The van der Waals surface area contributed by atoms with Crippen LogP contribution in [-0.4, -0.2) is 50.3 Å². The van der Waals surface area contributed by atoms with Crippen molar-refractivity contribution >= 4 is 38.3 Å². The van der Waals surface area contributed by atoms with E-state index < -0.39 is 0 Å². The monoisotopic (exact) mass is 346 g/mol. The maximum atomic E-state index is 12.4. The van der Waals surface area contributed by atoms with E-state index in [1.807, 2.05) is 18.2 Å². The van der Waals surface area contributed by atoms with Gasteiger partial charge in [-0.2, -0.15) is 0 Å². The van der Waals surface area contributed by atoms with Crippen molar-refractivity contribution in [1.82, 2.24) is 10.3 Å². The van der Waals surface area contributed by atoms with Crippen molar-refractivity contribution < 1.29 is 9.53 Å². The van der Waals surface area contributed by atoms with Crippen LogP contribution < -0.4 is 15.5 Å². The van der Waals surface area contributed by atoms with E-state index in [9.17, 15) is 4.79 Å². The Bertz CT molecular complexity index is 720. The molecule has 1 aromatic carbocycles. The van der Waals surface area contributed by atoms with Gasteiger partial charge in [0, 0.05) is 25.3 Å². The number of aromatic nitrogens is 1. The van der Waals surface area contributed by atoms with Crippen LogP contribution >= 0.6 is 11.3 Å². The second kappa shape index (κ2) is 7.04. The minimum absolute atomic E-state index is 0.0693. The van der Waals surface area contributed by atoms with E-state index in [1.54, 1.807) is 11.3 Å². The van der Waals surface area contributed by atoms with Gasteiger partial charge in [-0.1, -0.05) is 11.3 Å². The van der Waals surface area contributed by atoms with Crippen molar-refractivity contribution in [2.24, 2.45) is 5.92 Å². The molecule has 0 radical (unpaired) electrons. The maximum absolute atomic E-state index is 12.4. The topological polar surface area (TPSA) is 66.5 Å². The Balaban J connectivity index is 1.49. The van der Waals surface area contributed by atoms with Crippen molar-refractivity contribution in [3.05, 3.63) is 18.2 Å². The van der Waals surface area contributed by atoms with Crippen molar-refractivity contribution in [1.29, 1.82) is 0 Å². The van der Waals surface area contributed by atoms with E-state index in [-0.39, 0.29) is 11.8 Å². The predicted octanol–water partition coefficient (Wildman–Crippen LogP) is 2.07. The van der Waals surface area contributed by atoms with E-state index in [2.05, 4.69) is 15.5 Å². The number of anilines is 2. The SMILES string of the molecule is O=C(Nc1ccc2nc(N3CCOCC3)sc2c1)C1CCCNC1. The Kier molecular flexibility index (Phi) is 4.64. The predicted molar refractivity (Wildman–Crippen MR) is 96.9 cm³/mol. The van der Waals surface area contributed by atoms with Gasteiger partial charge in [0.05, 0.1) is 29.3 Å². The minimum Gasteiger partial charge on any atom is -0.378 e. The zero-order valence-corrected chi connectivity index (χ0v) is 14.4. The van der Waals surface area contributed by atoms with Crippen molar-refractivity contribution in [2.45, 2.75) is 12.8 Å². The number of hydrogen-bond acceptors (Lipinski definition) is 6. The Morgan fingerprint density at radius 3 is 3.04 bits per heavy atom. The van der Waals surface area contributed by atoms with Gasteiger partial charge >= 0.3 is 0 Å². The van der Waals surface area contributed by atoms with Crippen LogP contribution in [0.4, 0.5) is 10.8 Å². The van der Waals surface area contributed by atoms with Gasteiger partial charge in [-0.05, 0) is 37.6 Å². The summed E-state index contributed by atoms with van der Waals surface area (Å²) in [6.07, 6.45) is 2.03. The molecule has 1 atom stereocenters. The van der Waals surface area contributed by atoms with Crippen LogP contribution in [-0.2, 0) is 9.53 Å². The molecule has 128 valence electrons. The highest BCUT2D eigenvalue weighted by Crippen LogP contribution is 2.31. The molecular formula is C17H22N4O2S. The van der Waals surface area contributed by atoms with Gasteiger partial charge < -0.3 is 20.3 Å². The third-order valence-corrected chi connectivity index (χ3v) is 5.67. The Hall–Kier alpha value is -1.70. The largest absolute Gasteiger partial charge is 0.378 e. The molecule has 2 aliphatic heterocycles. The minimum atomic E-state index is 0.0693. The number of fused-ring (bicyclic) bond motifs is 1. The molecule has 2 N–H and O–H groups in total. The number of ether oxygens (including phenoxy) is 1. The molecule has 0 bridgehead atoms. The molecule has 6 nitrogen and oxygen atoms in total. The Morgan fingerprint density at radius 1 is 1.38 bits per heavy atom. The molecule has 2 saturated heterocycles. The van der Waals surface area contributed by atoms with Gasteiger partial charge in [0.1, 0.15) is 0 Å². The van der Waals surface area contributed by atoms with Crippen LogP contribution in [0.5, 0.6) is 0 Å². The van der Waals surface area contributed by atoms with E-state index in [1.165, 1.54) is 0 Å². The quantitative estimate of drug-likeness (QED) is 0.891. The molecular weight excluding hydrogens is 324 g/mol. The lowest BCUT2D eigenvalue weighted by atomic mass is 9.99. The number of hydrogen-bond donors (Lipinski definition) is 2. The van der Waals surface area contributed by atoms with Gasteiger partial charge in [0.2, 0.25) is 5.91 Å². The molecule has 1 aromatic heterocycles. The highest BCUT2D eigenvalue weighted by molar-refractivity contribution is 7.22. The molecule has 2 fully saturated rings. The summed E-state index contributed by atoms with van der Waals surface area (Å²) in [7, 11) is 0. The highest BCUT2D eigenvalue weighted by atomic mass is 32.1. The normalized spacial score (nSPS) is 21.8. The number of carbonyl (C=O) groups is 1. The first kappa shape index (κ1) is 15.8. The zero-order chi connectivity index (χ0) is 16.4. The van der Waals surface area contributed by atoms with Crippen LogP contribution in [0.3, 0.4) is 0 Å². The van der Waals surface area contributed by atoms with Crippen molar-refractivity contribution in [3.8, 4) is 0 Å². The summed E-state index contributed by atoms with van der Waals surface area (Å²) < 4.78 is 6.51. The molecule has 7 heteroatoms. The molecule has 0 aliphatic carbocycles.